The molecule has 5 nitrogen and oxygen atoms in total. The zero-order valence-corrected chi connectivity index (χ0v) is 9.58. The summed E-state index contributed by atoms with van der Waals surface area (Å²) in [5.74, 6) is 0.804. The van der Waals surface area contributed by atoms with E-state index in [4.69, 9.17) is 10.5 Å². The van der Waals surface area contributed by atoms with Gasteiger partial charge in [-0.1, -0.05) is 0 Å². The Morgan fingerprint density at radius 2 is 2.27 bits per heavy atom. The summed E-state index contributed by atoms with van der Waals surface area (Å²) in [5, 5.41) is 6.69. The van der Waals surface area contributed by atoms with Crippen LogP contribution in [0.25, 0.3) is 0 Å². The molecule has 0 radical (unpaired) electrons. The van der Waals surface area contributed by atoms with Gasteiger partial charge in [0, 0.05) is 22.4 Å². The Morgan fingerprint density at radius 1 is 1.47 bits per heavy atom. The van der Waals surface area contributed by atoms with Crippen LogP contribution in [0, 0.1) is 6.92 Å². The number of aromatic amines is 1. The second-order valence-corrected chi connectivity index (χ2v) is 3.95. The van der Waals surface area contributed by atoms with Crippen LogP contribution in [-0.2, 0) is 0 Å². The first-order valence-corrected chi connectivity index (χ1v) is 5.05. The number of rotatable bonds is 2. The van der Waals surface area contributed by atoms with Crippen LogP contribution in [0.1, 0.15) is 5.69 Å². The van der Waals surface area contributed by atoms with Gasteiger partial charge in [-0.2, -0.15) is 0 Å². The smallest absolute Gasteiger partial charge is 0.244 e. The summed E-state index contributed by atoms with van der Waals surface area (Å²) in [5.41, 5.74) is 7.10. The van der Waals surface area contributed by atoms with Crippen LogP contribution in [0.15, 0.2) is 22.8 Å². The van der Waals surface area contributed by atoms with Gasteiger partial charge in [0.1, 0.15) is 0 Å². The number of H-pyrrole nitrogens is 1. The highest BCUT2D eigenvalue weighted by atomic mass is 79.9. The molecule has 2 aromatic heterocycles. The lowest BCUT2D eigenvalue weighted by atomic mass is 10.4. The number of nitrogens with two attached hydrogens (primary N) is 1. The van der Waals surface area contributed by atoms with E-state index in [1.807, 2.05) is 6.92 Å². The first-order chi connectivity index (χ1) is 7.15. The first kappa shape index (κ1) is 9.97. The van der Waals surface area contributed by atoms with Crippen molar-refractivity contribution < 1.29 is 4.74 Å². The van der Waals surface area contributed by atoms with Gasteiger partial charge in [-0.25, -0.2) is 4.98 Å². The largest absolute Gasteiger partial charge is 0.417 e. The zero-order chi connectivity index (χ0) is 10.8. The number of aromatic nitrogens is 3. The normalized spacial score (nSPS) is 10.3. The van der Waals surface area contributed by atoms with Crippen molar-refractivity contribution in [3.63, 3.8) is 0 Å². The number of anilines is 1. The second kappa shape index (κ2) is 3.90. The average molecular weight is 269 g/mol. The molecule has 6 heteroatoms. The zero-order valence-electron chi connectivity index (χ0n) is 7.99. The van der Waals surface area contributed by atoms with Gasteiger partial charge in [0.2, 0.25) is 11.8 Å². The summed E-state index contributed by atoms with van der Waals surface area (Å²) in [7, 11) is 0. The van der Waals surface area contributed by atoms with Crippen molar-refractivity contribution in [2.75, 3.05) is 5.73 Å². The lowest BCUT2D eigenvalue weighted by molar-refractivity contribution is 0.446. The van der Waals surface area contributed by atoms with E-state index < -0.39 is 0 Å². The minimum atomic E-state index is 0.352. The van der Waals surface area contributed by atoms with Gasteiger partial charge in [-0.15, -0.1) is 5.10 Å². The van der Waals surface area contributed by atoms with Crippen LogP contribution in [0.2, 0.25) is 0 Å². The summed E-state index contributed by atoms with van der Waals surface area (Å²) >= 11 is 3.27. The molecule has 0 amide bonds. The Balaban J connectivity index is 2.24. The van der Waals surface area contributed by atoms with Crippen molar-refractivity contribution in [3.05, 3.63) is 28.5 Å². The van der Waals surface area contributed by atoms with E-state index in [0.29, 0.717) is 17.4 Å². The molecule has 0 saturated carbocycles. The van der Waals surface area contributed by atoms with Crippen LogP contribution in [-0.4, -0.2) is 15.2 Å². The number of nitrogens with one attached hydrogen (secondary N) is 1. The summed E-state index contributed by atoms with van der Waals surface area (Å²) < 4.78 is 6.20. The molecule has 0 spiro atoms. The monoisotopic (exact) mass is 268 g/mol. The molecule has 0 aliphatic rings. The van der Waals surface area contributed by atoms with Gasteiger partial charge < -0.3 is 10.5 Å². The summed E-state index contributed by atoms with van der Waals surface area (Å²) in [6.45, 7) is 1.89. The van der Waals surface area contributed by atoms with Crippen LogP contribution >= 0.6 is 15.9 Å². The molecule has 0 aliphatic heterocycles. The van der Waals surface area contributed by atoms with E-state index in [-0.39, 0.29) is 0 Å². The van der Waals surface area contributed by atoms with Gasteiger partial charge in [0.15, 0.2) is 0 Å². The van der Waals surface area contributed by atoms with Crippen molar-refractivity contribution in [1.82, 2.24) is 15.2 Å². The van der Waals surface area contributed by atoms with Gasteiger partial charge in [0.05, 0.1) is 5.69 Å². The van der Waals surface area contributed by atoms with Crippen molar-refractivity contribution in [3.8, 4) is 11.8 Å². The molecule has 0 aliphatic carbocycles. The highest BCUT2D eigenvalue weighted by molar-refractivity contribution is 9.10. The van der Waals surface area contributed by atoms with E-state index in [9.17, 15) is 0 Å². The van der Waals surface area contributed by atoms with Crippen LogP contribution in [0.3, 0.4) is 0 Å². The fraction of sp³-hybridized carbons (Fsp3) is 0.111. The number of halogens is 1. The van der Waals surface area contributed by atoms with Crippen molar-refractivity contribution >= 4 is 21.6 Å². The second-order valence-electron chi connectivity index (χ2n) is 3.04. The Hall–Kier alpha value is -1.56. The molecule has 78 valence electrons. The van der Waals surface area contributed by atoms with E-state index >= 15 is 0 Å². The van der Waals surface area contributed by atoms with Crippen molar-refractivity contribution in [1.29, 1.82) is 0 Å². The van der Waals surface area contributed by atoms with Crippen LogP contribution in [0.5, 0.6) is 11.8 Å². The Kier molecular flexibility index (Phi) is 2.59. The predicted molar refractivity (Wildman–Crippen MR) is 59.7 cm³/mol. The number of nitrogens with zero attached hydrogens (tertiary/aromatic N) is 2. The van der Waals surface area contributed by atoms with Gasteiger partial charge in [0.25, 0.3) is 0 Å². The predicted octanol–water partition coefficient (Wildman–Crippen LogP) is 2.25. The van der Waals surface area contributed by atoms with Crippen molar-refractivity contribution in [2.24, 2.45) is 0 Å². The Morgan fingerprint density at radius 3 is 2.87 bits per heavy atom. The molecule has 0 bridgehead atoms. The average Bonchev–Trinajstić information content (AvgIpc) is 2.56. The van der Waals surface area contributed by atoms with Gasteiger partial charge in [-0.3, -0.25) is 5.10 Å². The molecule has 0 atom stereocenters. The molecule has 2 heterocycles. The van der Waals surface area contributed by atoms with Gasteiger partial charge in [-0.05, 0) is 28.9 Å². The number of aryl methyl sites for hydroxylation is 1. The number of ether oxygens (including phenoxy) is 1. The molecule has 0 saturated heterocycles. The molecule has 3 N–H and O–H groups in total. The SMILES string of the molecule is Cc1cc(Oc2ncc(Br)cc2N)n[nH]1. The third-order valence-electron chi connectivity index (χ3n) is 1.73. The highest BCUT2D eigenvalue weighted by Crippen LogP contribution is 2.26. The van der Waals surface area contributed by atoms with E-state index in [0.717, 1.165) is 10.2 Å². The van der Waals surface area contributed by atoms with Crippen LogP contribution in [0.4, 0.5) is 5.69 Å². The highest BCUT2D eigenvalue weighted by Gasteiger charge is 2.06. The van der Waals surface area contributed by atoms with Crippen LogP contribution < -0.4 is 10.5 Å². The Labute approximate surface area is 94.8 Å². The fourth-order valence-corrected chi connectivity index (χ4v) is 1.42. The fourth-order valence-electron chi connectivity index (χ4n) is 1.07. The van der Waals surface area contributed by atoms with Crippen molar-refractivity contribution in [2.45, 2.75) is 6.92 Å². The Bertz CT molecular complexity index is 483. The molecule has 0 aromatic carbocycles. The minimum absolute atomic E-state index is 0.352. The standard InChI is InChI=1S/C9H9BrN4O/c1-5-2-8(14-13-5)15-9-7(11)3-6(10)4-12-9/h2-4H,11H2,1H3,(H,13,14). The van der Waals surface area contributed by atoms with E-state index in [1.54, 1.807) is 18.3 Å². The number of pyridine rings is 1. The molecule has 2 rings (SSSR count). The lowest BCUT2D eigenvalue weighted by Crippen LogP contribution is -1.94. The number of hydrogen-bond donors (Lipinski definition) is 2. The topological polar surface area (TPSA) is 76.8 Å². The molecule has 2 aromatic rings. The third-order valence-corrected chi connectivity index (χ3v) is 2.16. The molecular weight excluding hydrogens is 260 g/mol. The molecule has 15 heavy (non-hydrogen) atoms. The number of hydrogen-bond acceptors (Lipinski definition) is 4. The number of nitrogen functional groups attached to an aromatic ring is 1. The lowest BCUT2D eigenvalue weighted by Gasteiger charge is -2.03. The minimum Gasteiger partial charge on any atom is -0.417 e. The maximum Gasteiger partial charge on any atom is 0.244 e. The maximum absolute atomic E-state index is 5.72. The quantitative estimate of drug-likeness (QED) is 0.876. The molecule has 0 fully saturated rings. The van der Waals surface area contributed by atoms with Gasteiger partial charge >= 0.3 is 0 Å². The third kappa shape index (κ3) is 2.27. The van der Waals surface area contributed by atoms with E-state index in [2.05, 4.69) is 31.1 Å². The summed E-state index contributed by atoms with van der Waals surface area (Å²) in [6, 6.07) is 3.49. The summed E-state index contributed by atoms with van der Waals surface area (Å²) in [6.07, 6.45) is 1.62. The molecule has 0 unspecified atom stereocenters. The molecular formula is C9H9BrN4O. The van der Waals surface area contributed by atoms with E-state index in [1.165, 1.54) is 0 Å². The summed E-state index contributed by atoms with van der Waals surface area (Å²) in [4.78, 5) is 4.03. The maximum atomic E-state index is 5.72. The first-order valence-electron chi connectivity index (χ1n) is 4.26.